The fraction of sp³-hybridized carbons (Fsp3) is 0.872. The van der Waals surface area contributed by atoms with Gasteiger partial charge in [0.25, 0.3) is 0 Å². The van der Waals surface area contributed by atoms with Crippen LogP contribution in [0.5, 0.6) is 0 Å². The standard InChI is InChI=1S/C39H66IN3O10/c1-13-14-19-43(11)29-20-23(3)50-36(32(29)45)51-34-25(5)31(44)26(6)35(47)52-37(40)39(8,48)33(46)24(4)30(22(2)21-38(34,7)49-12)41-53-28-17-15-27(16-18-28)42(9)10/h1,22-29,32-34,36-37,45-46,48H,14-21H2,2-12H3/b41-30+/t22-,23-,24+,25+,26-,27-,28+,29+,32-,33-,34-,36+,37+,38-,39+/m1/s1. The van der Waals surface area contributed by atoms with Gasteiger partial charge in [0.05, 0.1) is 29.6 Å². The van der Waals surface area contributed by atoms with Crippen molar-refractivity contribution in [2.45, 2.75) is 158 Å². The van der Waals surface area contributed by atoms with E-state index in [1.165, 1.54) is 21.0 Å². The van der Waals surface area contributed by atoms with Crippen LogP contribution in [-0.2, 0) is 33.4 Å². The fourth-order valence-electron chi connectivity index (χ4n) is 8.16. The van der Waals surface area contributed by atoms with E-state index in [4.69, 9.17) is 35.4 Å². The Hall–Kier alpha value is -1.42. The second kappa shape index (κ2) is 19.6. The third-order valence-corrected chi connectivity index (χ3v) is 13.5. The number of aliphatic hydroxyl groups excluding tert-OH is 2. The lowest BCUT2D eigenvalue weighted by atomic mass is 9.75. The monoisotopic (exact) mass is 863 g/mol. The first-order valence-corrected chi connectivity index (χ1v) is 20.3. The lowest BCUT2D eigenvalue weighted by Gasteiger charge is -2.47. The Morgan fingerprint density at radius 2 is 1.66 bits per heavy atom. The lowest BCUT2D eigenvalue weighted by Crippen LogP contribution is -2.60. The number of ketones is 1. The molecule has 2 saturated heterocycles. The highest BCUT2D eigenvalue weighted by Crippen LogP contribution is 2.39. The van der Waals surface area contributed by atoms with Crippen LogP contribution in [-0.4, -0.2) is 142 Å². The summed E-state index contributed by atoms with van der Waals surface area (Å²) in [5.74, 6) is -2.05. The average Bonchev–Trinajstić information content (AvgIpc) is 3.12. The summed E-state index contributed by atoms with van der Waals surface area (Å²) >= 11 is 1.78. The Morgan fingerprint density at radius 1 is 1.04 bits per heavy atom. The largest absolute Gasteiger partial charge is 0.448 e. The average molecular weight is 864 g/mol. The van der Waals surface area contributed by atoms with Crippen LogP contribution in [0.1, 0.15) is 93.4 Å². The summed E-state index contributed by atoms with van der Waals surface area (Å²) in [5, 5.41) is 39.7. The molecule has 53 heavy (non-hydrogen) atoms. The normalized spacial score (nSPS) is 43.3. The van der Waals surface area contributed by atoms with Crippen LogP contribution in [0.25, 0.3) is 0 Å². The van der Waals surface area contributed by atoms with E-state index in [0.717, 1.165) is 25.7 Å². The van der Waals surface area contributed by atoms with Crippen molar-refractivity contribution in [3.05, 3.63) is 0 Å². The van der Waals surface area contributed by atoms with Crippen molar-refractivity contribution >= 4 is 40.1 Å². The number of oxime groups is 1. The molecule has 3 aliphatic rings. The maximum Gasteiger partial charge on any atom is 0.317 e. The van der Waals surface area contributed by atoms with E-state index in [2.05, 4.69) is 24.9 Å². The number of hydrogen-bond donors (Lipinski definition) is 3. The highest BCUT2D eigenvalue weighted by Gasteiger charge is 2.51. The lowest BCUT2D eigenvalue weighted by molar-refractivity contribution is -0.295. The summed E-state index contributed by atoms with van der Waals surface area (Å²) < 4.78 is 23.6. The molecule has 0 amide bonds. The van der Waals surface area contributed by atoms with Gasteiger partial charge in [0.1, 0.15) is 23.7 Å². The zero-order valence-electron chi connectivity index (χ0n) is 33.7. The van der Waals surface area contributed by atoms with Gasteiger partial charge >= 0.3 is 5.97 Å². The Kier molecular flexibility index (Phi) is 17.0. The minimum atomic E-state index is -1.91. The van der Waals surface area contributed by atoms with Gasteiger partial charge in [-0.15, -0.1) is 12.3 Å². The number of carbonyl (C=O) groups is 2. The third kappa shape index (κ3) is 11.1. The molecule has 0 radical (unpaired) electrons. The van der Waals surface area contributed by atoms with Crippen molar-refractivity contribution in [3.63, 3.8) is 0 Å². The summed E-state index contributed by atoms with van der Waals surface area (Å²) in [5.41, 5.74) is -2.66. The Balaban J connectivity index is 2.09. The van der Waals surface area contributed by atoms with Gasteiger partial charge in [-0.25, -0.2) is 0 Å². The van der Waals surface area contributed by atoms with Crippen LogP contribution in [0.4, 0.5) is 0 Å². The number of aliphatic hydroxyl groups is 3. The molecule has 2 heterocycles. The Bertz CT molecular complexity index is 1290. The molecule has 0 aromatic heterocycles. The number of terminal acetylenes is 1. The summed E-state index contributed by atoms with van der Waals surface area (Å²) in [6.07, 6.45) is 5.29. The highest BCUT2D eigenvalue weighted by atomic mass is 127. The quantitative estimate of drug-likeness (QED) is 0.0771. The molecule has 0 aromatic carbocycles. The minimum absolute atomic E-state index is 0.121. The van der Waals surface area contributed by atoms with Crippen LogP contribution >= 0.6 is 22.6 Å². The molecule has 3 rings (SSSR count). The zero-order chi connectivity index (χ0) is 40.0. The number of alkyl halides is 1. The molecule has 3 N–H and O–H groups in total. The number of cyclic esters (lactones) is 1. The van der Waals surface area contributed by atoms with Crippen molar-refractivity contribution in [3.8, 4) is 12.3 Å². The molecule has 13 atom stereocenters. The number of methoxy groups -OCH3 is 1. The van der Waals surface area contributed by atoms with Gasteiger partial charge in [-0.2, -0.15) is 0 Å². The maximum absolute atomic E-state index is 14.2. The van der Waals surface area contributed by atoms with Crippen LogP contribution in [0.15, 0.2) is 5.16 Å². The predicted molar refractivity (Wildman–Crippen MR) is 210 cm³/mol. The highest BCUT2D eigenvalue weighted by molar-refractivity contribution is 14.1. The zero-order valence-corrected chi connectivity index (χ0v) is 35.8. The number of carbonyl (C=O) groups excluding carboxylic acids is 2. The second-order valence-electron chi connectivity index (χ2n) is 16.4. The molecular weight excluding hydrogens is 797 g/mol. The van der Waals surface area contributed by atoms with Gasteiger partial charge in [0.2, 0.25) is 0 Å². The summed E-state index contributed by atoms with van der Waals surface area (Å²) in [6, 6.07) is 0.137. The molecular formula is C39H66IN3O10. The van der Waals surface area contributed by atoms with Crippen molar-refractivity contribution in [2.75, 3.05) is 34.8 Å². The van der Waals surface area contributed by atoms with E-state index in [-0.39, 0.29) is 24.7 Å². The summed E-state index contributed by atoms with van der Waals surface area (Å²) in [7, 11) is 7.58. The van der Waals surface area contributed by atoms with Crippen molar-refractivity contribution in [2.24, 2.45) is 28.8 Å². The van der Waals surface area contributed by atoms with Crippen LogP contribution in [0.3, 0.4) is 0 Å². The molecule has 1 saturated carbocycles. The minimum Gasteiger partial charge on any atom is -0.448 e. The summed E-state index contributed by atoms with van der Waals surface area (Å²) in [6.45, 7) is 12.5. The molecule has 0 bridgehead atoms. The van der Waals surface area contributed by atoms with Crippen molar-refractivity contribution in [1.29, 1.82) is 0 Å². The SMILES string of the molecule is C#CCCN(C)[C@H]1C[C@@H](C)O[C@@H](O[C@@H]2[C@@H](C)C(=O)[C@@H](C)C(=O)O[C@H](I)[C@@](C)(O)[C@H](O)[C@@H](C)/C(=N/O[C@H]3CC[C@@H](N(C)C)CC3)[C@H](C)C[C@@]2(C)OC)[C@@H]1O. The smallest absolute Gasteiger partial charge is 0.317 e. The number of nitrogens with zero attached hydrogens (tertiary/aromatic N) is 3. The van der Waals surface area contributed by atoms with E-state index >= 15 is 0 Å². The molecule has 3 fully saturated rings. The second-order valence-corrected chi connectivity index (χ2v) is 17.5. The van der Waals surface area contributed by atoms with Gasteiger partial charge in [-0.1, -0.05) is 25.9 Å². The van der Waals surface area contributed by atoms with Gasteiger partial charge in [0, 0.05) is 49.9 Å². The molecule has 13 nitrogen and oxygen atoms in total. The Morgan fingerprint density at radius 3 is 2.23 bits per heavy atom. The molecule has 2 aliphatic heterocycles. The van der Waals surface area contributed by atoms with Gasteiger partial charge in [-0.3, -0.25) is 14.5 Å². The predicted octanol–water partition coefficient (Wildman–Crippen LogP) is 3.78. The van der Waals surface area contributed by atoms with Crippen molar-refractivity contribution in [1.82, 2.24) is 9.80 Å². The topological polar surface area (TPSA) is 160 Å². The van der Waals surface area contributed by atoms with Crippen LogP contribution < -0.4 is 0 Å². The molecule has 14 heteroatoms. The van der Waals surface area contributed by atoms with E-state index in [0.29, 0.717) is 31.1 Å². The molecule has 304 valence electrons. The van der Waals surface area contributed by atoms with Crippen molar-refractivity contribution < 1.29 is 48.7 Å². The molecule has 0 unspecified atom stereocenters. The number of rotatable bonds is 9. The van der Waals surface area contributed by atoms with Crippen LogP contribution in [0.2, 0.25) is 0 Å². The number of hydrogen-bond acceptors (Lipinski definition) is 13. The molecule has 0 spiro atoms. The Labute approximate surface area is 330 Å². The molecule has 1 aliphatic carbocycles. The van der Waals surface area contributed by atoms with Gasteiger partial charge in [-0.05, 0) is 110 Å². The van der Waals surface area contributed by atoms with Crippen LogP contribution in [0, 0.1) is 36.0 Å². The van der Waals surface area contributed by atoms with E-state index < -0.39 is 75.3 Å². The maximum atomic E-state index is 14.2. The first-order valence-electron chi connectivity index (χ1n) is 19.1. The van der Waals surface area contributed by atoms with E-state index in [9.17, 15) is 24.9 Å². The first-order chi connectivity index (χ1) is 24.7. The number of Topliss-reactive ketones (excluding diaryl/α,β-unsaturated/α-hetero) is 1. The number of ether oxygens (including phenoxy) is 4. The number of halogens is 1. The first kappa shape index (κ1) is 46.0. The van der Waals surface area contributed by atoms with Gasteiger partial charge < -0.3 is 44.0 Å². The molecule has 0 aromatic rings. The van der Waals surface area contributed by atoms with E-state index in [1.54, 1.807) is 36.4 Å². The van der Waals surface area contributed by atoms with E-state index in [1.807, 2.05) is 32.7 Å². The number of esters is 1. The number of likely N-dealkylation sites (N-methyl/N-ethyl adjacent to an activating group) is 1. The van der Waals surface area contributed by atoms with Gasteiger partial charge in [0.15, 0.2) is 16.2 Å². The fourth-order valence-corrected chi connectivity index (χ4v) is 8.78. The summed E-state index contributed by atoms with van der Waals surface area (Å²) in [4.78, 5) is 38.1. The third-order valence-electron chi connectivity index (χ3n) is 11.9.